The molecule has 0 fully saturated rings. The highest BCUT2D eigenvalue weighted by atomic mass is 127. The smallest absolute Gasteiger partial charge is 0.343 e. The predicted octanol–water partition coefficient (Wildman–Crippen LogP) is 4.39. The molecule has 0 aliphatic carbocycles. The van der Waals surface area contributed by atoms with Crippen LogP contribution >= 0.6 is 45.2 Å². The number of amides is 1. The van der Waals surface area contributed by atoms with Gasteiger partial charge in [0, 0.05) is 11.8 Å². The molecule has 30 heavy (non-hydrogen) atoms. The van der Waals surface area contributed by atoms with Gasteiger partial charge in [-0.05, 0) is 88.0 Å². The van der Waals surface area contributed by atoms with E-state index in [9.17, 15) is 14.9 Å². The maximum atomic E-state index is 12.5. The fraction of sp³-hybridized carbons (Fsp3) is 0.190. The van der Waals surface area contributed by atoms with Gasteiger partial charge in [-0.15, -0.1) is 0 Å². The summed E-state index contributed by atoms with van der Waals surface area (Å²) in [6.07, 6.45) is 1.50. The molecule has 2 aromatic carbocycles. The van der Waals surface area contributed by atoms with Crippen molar-refractivity contribution in [2.45, 2.75) is 6.92 Å². The molecule has 156 valence electrons. The minimum absolute atomic E-state index is 0.0494. The zero-order chi connectivity index (χ0) is 22.1. The third-order valence-corrected chi connectivity index (χ3v) is 5.26. The molecule has 0 aliphatic heterocycles. The molecule has 0 aliphatic rings. The third kappa shape index (κ3) is 6.88. The van der Waals surface area contributed by atoms with Gasteiger partial charge in [0.15, 0.2) is 6.61 Å². The van der Waals surface area contributed by atoms with Crippen LogP contribution in [0.15, 0.2) is 42.0 Å². The minimum Gasteiger partial charge on any atom is -0.494 e. The Morgan fingerprint density at radius 1 is 1.17 bits per heavy atom. The summed E-state index contributed by atoms with van der Waals surface area (Å²) in [6.45, 7) is 2.18. The van der Waals surface area contributed by atoms with Gasteiger partial charge < -0.3 is 19.5 Å². The number of ether oxygens (including phenoxy) is 3. The second-order valence-electron chi connectivity index (χ2n) is 5.76. The first-order valence-electron chi connectivity index (χ1n) is 8.72. The van der Waals surface area contributed by atoms with Crippen LogP contribution in [0.4, 0.5) is 5.69 Å². The number of hydrogen-bond acceptors (Lipinski definition) is 6. The number of nitrogens with zero attached hydrogens (tertiary/aromatic N) is 1. The molecule has 0 spiro atoms. The van der Waals surface area contributed by atoms with Gasteiger partial charge >= 0.3 is 5.97 Å². The molecule has 7 nitrogen and oxygen atoms in total. The first-order chi connectivity index (χ1) is 14.4. The Bertz CT molecular complexity index is 992. The van der Waals surface area contributed by atoms with Crippen molar-refractivity contribution in [2.24, 2.45) is 0 Å². The lowest BCUT2D eigenvalue weighted by molar-refractivity contribution is -0.142. The largest absolute Gasteiger partial charge is 0.494 e. The first kappa shape index (κ1) is 23.9. The van der Waals surface area contributed by atoms with Crippen LogP contribution < -0.4 is 14.8 Å². The number of nitrogens with one attached hydrogen (secondary N) is 1. The molecule has 2 aromatic rings. The van der Waals surface area contributed by atoms with Crippen LogP contribution in [0.1, 0.15) is 12.5 Å². The number of nitriles is 1. The fourth-order valence-corrected chi connectivity index (χ4v) is 4.46. The summed E-state index contributed by atoms with van der Waals surface area (Å²) in [6, 6.07) is 12.4. The number of esters is 1. The molecule has 0 heterocycles. The first-order valence-corrected chi connectivity index (χ1v) is 10.9. The van der Waals surface area contributed by atoms with E-state index in [1.165, 1.54) is 13.2 Å². The van der Waals surface area contributed by atoms with Crippen LogP contribution in [0.3, 0.4) is 0 Å². The Hall–Kier alpha value is -2.33. The van der Waals surface area contributed by atoms with Crippen molar-refractivity contribution in [3.05, 3.63) is 54.7 Å². The summed E-state index contributed by atoms with van der Waals surface area (Å²) in [5.74, 6) is 0.156. The number of methoxy groups -OCH3 is 1. The lowest BCUT2D eigenvalue weighted by Gasteiger charge is -2.11. The van der Waals surface area contributed by atoms with Crippen molar-refractivity contribution in [3.63, 3.8) is 0 Å². The van der Waals surface area contributed by atoms with Crippen LogP contribution in [0, 0.1) is 18.5 Å². The van der Waals surface area contributed by atoms with Crippen LogP contribution in [0.5, 0.6) is 11.5 Å². The number of hydrogen-bond donors (Lipinski definition) is 1. The zero-order valence-corrected chi connectivity index (χ0v) is 20.5. The SMILES string of the molecule is CCOc1cccc(NC(=O)/C(C#N)=C\c2cc(I)c(OCC(=O)OC)c(I)c2)c1. The normalized spacial score (nSPS) is 10.7. The van der Waals surface area contributed by atoms with Crippen molar-refractivity contribution in [1.29, 1.82) is 5.26 Å². The average Bonchev–Trinajstić information content (AvgIpc) is 2.71. The standard InChI is InChI=1S/C21H18I2N2O5/c1-3-29-16-6-4-5-15(10-16)25-21(27)14(11-24)7-13-8-17(22)20(18(23)9-13)30-12-19(26)28-2/h4-10H,3,12H2,1-2H3,(H,25,27)/b14-7-. The average molecular weight is 632 g/mol. The Balaban J connectivity index is 2.20. The number of carbonyl (C=O) groups excluding carboxylic acids is 2. The number of benzene rings is 2. The summed E-state index contributed by atoms with van der Waals surface area (Å²) in [5.41, 5.74) is 1.14. The van der Waals surface area contributed by atoms with Gasteiger partial charge in [-0.1, -0.05) is 6.07 Å². The zero-order valence-electron chi connectivity index (χ0n) is 16.2. The monoisotopic (exact) mass is 632 g/mol. The highest BCUT2D eigenvalue weighted by Crippen LogP contribution is 2.30. The number of halogens is 2. The maximum Gasteiger partial charge on any atom is 0.343 e. The van der Waals surface area contributed by atoms with Crippen molar-refractivity contribution in [3.8, 4) is 17.6 Å². The van der Waals surface area contributed by atoms with E-state index in [4.69, 9.17) is 9.47 Å². The van der Waals surface area contributed by atoms with Crippen LogP contribution in [0.2, 0.25) is 0 Å². The molecule has 1 amide bonds. The van der Waals surface area contributed by atoms with E-state index in [1.54, 1.807) is 36.4 Å². The third-order valence-electron chi connectivity index (χ3n) is 3.66. The van der Waals surface area contributed by atoms with E-state index < -0.39 is 11.9 Å². The molecule has 0 atom stereocenters. The van der Waals surface area contributed by atoms with Crippen LogP contribution in [-0.4, -0.2) is 32.2 Å². The Morgan fingerprint density at radius 2 is 1.87 bits per heavy atom. The summed E-state index contributed by atoms with van der Waals surface area (Å²) < 4.78 is 17.0. The predicted molar refractivity (Wildman–Crippen MR) is 129 cm³/mol. The highest BCUT2D eigenvalue weighted by molar-refractivity contribution is 14.1. The van der Waals surface area contributed by atoms with Gasteiger partial charge in [-0.2, -0.15) is 5.26 Å². The molecule has 0 bridgehead atoms. The van der Waals surface area contributed by atoms with E-state index >= 15 is 0 Å². The summed E-state index contributed by atoms with van der Waals surface area (Å²) in [7, 11) is 1.29. The summed E-state index contributed by atoms with van der Waals surface area (Å²) in [5, 5.41) is 12.2. The summed E-state index contributed by atoms with van der Waals surface area (Å²) >= 11 is 4.14. The molecule has 0 radical (unpaired) electrons. The molecule has 0 unspecified atom stereocenters. The number of anilines is 1. The molecule has 0 saturated heterocycles. The second kappa shape index (κ2) is 11.8. The van der Waals surface area contributed by atoms with Gasteiger partial charge in [0.05, 0.1) is 20.9 Å². The van der Waals surface area contributed by atoms with Gasteiger partial charge in [-0.3, -0.25) is 4.79 Å². The Morgan fingerprint density at radius 3 is 2.47 bits per heavy atom. The van der Waals surface area contributed by atoms with E-state index in [0.29, 0.717) is 29.4 Å². The molecule has 2 rings (SSSR count). The molecule has 1 N–H and O–H groups in total. The Labute approximate surface area is 201 Å². The van der Waals surface area contributed by atoms with Gasteiger partial charge in [0.2, 0.25) is 0 Å². The second-order valence-corrected chi connectivity index (χ2v) is 8.09. The molecular formula is C21H18I2N2O5. The van der Waals surface area contributed by atoms with Gasteiger partial charge in [-0.25, -0.2) is 4.79 Å². The van der Waals surface area contributed by atoms with E-state index in [-0.39, 0.29) is 12.2 Å². The quantitative estimate of drug-likeness (QED) is 0.201. The van der Waals surface area contributed by atoms with E-state index in [2.05, 4.69) is 55.2 Å². The van der Waals surface area contributed by atoms with Crippen molar-refractivity contribution >= 4 is 68.8 Å². The molecule has 0 aromatic heterocycles. The molecular weight excluding hydrogens is 614 g/mol. The maximum absolute atomic E-state index is 12.5. The van der Waals surface area contributed by atoms with Crippen molar-refractivity contribution < 1.29 is 23.8 Å². The molecule has 9 heteroatoms. The van der Waals surface area contributed by atoms with E-state index in [0.717, 1.165) is 7.14 Å². The van der Waals surface area contributed by atoms with Gasteiger partial charge in [0.1, 0.15) is 23.1 Å². The molecule has 0 saturated carbocycles. The van der Waals surface area contributed by atoms with Crippen LogP contribution in [0.25, 0.3) is 6.08 Å². The number of rotatable bonds is 8. The van der Waals surface area contributed by atoms with E-state index in [1.807, 2.05) is 13.0 Å². The lowest BCUT2D eigenvalue weighted by atomic mass is 10.1. The van der Waals surface area contributed by atoms with Crippen molar-refractivity contribution in [2.75, 3.05) is 25.6 Å². The highest BCUT2D eigenvalue weighted by Gasteiger charge is 2.14. The lowest BCUT2D eigenvalue weighted by Crippen LogP contribution is -2.14. The van der Waals surface area contributed by atoms with Gasteiger partial charge in [0.25, 0.3) is 5.91 Å². The van der Waals surface area contributed by atoms with Crippen LogP contribution in [-0.2, 0) is 14.3 Å². The Kier molecular flexibility index (Phi) is 9.38. The summed E-state index contributed by atoms with van der Waals surface area (Å²) in [4.78, 5) is 23.8. The van der Waals surface area contributed by atoms with Crippen molar-refractivity contribution in [1.82, 2.24) is 0 Å². The number of carbonyl (C=O) groups is 2. The topological polar surface area (TPSA) is 97.6 Å². The minimum atomic E-state index is -0.526. The fourth-order valence-electron chi connectivity index (χ4n) is 2.33.